The Balaban J connectivity index is 0.970. The lowest BCUT2D eigenvalue weighted by molar-refractivity contribution is -0.149. The van der Waals surface area contributed by atoms with Crippen molar-refractivity contribution in [3.05, 3.63) is 105 Å². The molecular weight excluding hydrogens is 723 g/mol. The number of fused-ring (bicyclic) bond motifs is 1. The monoisotopic (exact) mass is 777 g/mol. The highest BCUT2D eigenvalue weighted by molar-refractivity contribution is 7.17. The first-order chi connectivity index (χ1) is 27.3. The molecule has 0 saturated heterocycles. The van der Waals surface area contributed by atoms with E-state index in [9.17, 15) is 19.2 Å². The number of esters is 2. The van der Waals surface area contributed by atoms with Crippen molar-refractivity contribution in [1.29, 1.82) is 0 Å². The minimum Gasteiger partial charge on any atom is -0.466 e. The first kappa shape index (κ1) is 39.7. The van der Waals surface area contributed by atoms with Gasteiger partial charge in [-0.3, -0.25) is 19.3 Å². The molecule has 1 atom stereocenters. The van der Waals surface area contributed by atoms with Crippen LogP contribution in [0.1, 0.15) is 114 Å². The summed E-state index contributed by atoms with van der Waals surface area (Å²) in [6.07, 6.45) is 18.7. The van der Waals surface area contributed by atoms with Crippen LogP contribution in [0.3, 0.4) is 0 Å². The van der Waals surface area contributed by atoms with E-state index < -0.39 is 0 Å². The molecule has 4 aliphatic carbocycles. The van der Waals surface area contributed by atoms with Crippen molar-refractivity contribution in [2.24, 2.45) is 11.8 Å². The summed E-state index contributed by atoms with van der Waals surface area (Å²) in [5.41, 5.74) is 6.37. The van der Waals surface area contributed by atoms with Gasteiger partial charge in [0.25, 0.3) is 5.91 Å². The second kappa shape index (κ2) is 18.6. The van der Waals surface area contributed by atoms with E-state index in [4.69, 9.17) is 9.47 Å². The molecule has 56 heavy (non-hydrogen) atoms. The number of nitrogens with zero attached hydrogens (tertiary/aromatic N) is 1. The molecule has 2 aromatic carbocycles. The fraction of sp³-hybridized carbons (Fsp3) is 0.478. The molecule has 2 fully saturated rings. The SMILES string of the molecule is CCOC(=O)c1ccc(CCc2ccc(NC(=O)c3c(NC(=O)C4C=C(CN(C5CCC(C(=O)OCC)CC5)C5CC5)C=CC4)sc4c3CCCC4)cc2)cc1. The van der Waals surface area contributed by atoms with Crippen LogP contribution in [0.15, 0.2) is 72.3 Å². The topological polar surface area (TPSA) is 114 Å². The van der Waals surface area contributed by atoms with E-state index in [-0.39, 0.29) is 35.6 Å². The van der Waals surface area contributed by atoms with E-state index in [0.717, 1.165) is 93.0 Å². The number of thiophene rings is 1. The number of ether oxygens (including phenoxy) is 2. The van der Waals surface area contributed by atoms with Crippen LogP contribution in [-0.4, -0.2) is 60.5 Å². The first-order valence-electron chi connectivity index (χ1n) is 20.7. The van der Waals surface area contributed by atoms with Crippen LogP contribution >= 0.6 is 11.3 Å². The molecule has 4 aliphatic rings. The van der Waals surface area contributed by atoms with Gasteiger partial charge in [0.2, 0.25) is 5.91 Å². The number of hydrogen-bond donors (Lipinski definition) is 2. The maximum atomic E-state index is 14.0. The summed E-state index contributed by atoms with van der Waals surface area (Å²) >= 11 is 1.55. The molecule has 2 N–H and O–H groups in total. The van der Waals surface area contributed by atoms with Crippen LogP contribution in [0, 0.1) is 11.8 Å². The maximum Gasteiger partial charge on any atom is 0.338 e. The number of hydrogen-bond acceptors (Lipinski definition) is 8. The molecule has 3 aromatic rings. The third-order valence-corrected chi connectivity index (χ3v) is 12.9. The van der Waals surface area contributed by atoms with E-state index >= 15 is 0 Å². The standard InChI is InChI=1S/C46H55N3O6S/c1-3-54-45(52)33-18-14-30(15-19-33)12-13-31-16-22-36(23-17-31)47-43(51)41-39-10-5-6-11-40(39)56-44(41)48-42(50)35-9-7-8-32(28-35)29-49(38-26-27-38)37-24-20-34(21-25-37)46(53)55-4-2/h7-8,14-19,22-23,28,34-35,37-38H,3-6,9-13,20-21,24-27,29H2,1-2H3,(H,47,51)(H,48,50). The molecule has 2 amide bonds. The average Bonchev–Trinajstić information content (AvgIpc) is 4.00. The van der Waals surface area contributed by atoms with Crippen molar-refractivity contribution >= 4 is 45.8 Å². The van der Waals surface area contributed by atoms with E-state index in [0.29, 0.717) is 53.5 Å². The van der Waals surface area contributed by atoms with Gasteiger partial charge < -0.3 is 20.1 Å². The second-order valence-electron chi connectivity index (χ2n) is 15.6. The fourth-order valence-corrected chi connectivity index (χ4v) is 9.76. The van der Waals surface area contributed by atoms with Gasteiger partial charge in [-0.25, -0.2) is 4.79 Å². The predicted octanol–water partition coefficient (Wildman–Crippen LogP) is 8.87. The smallest absolute Gasteiger partial charge is 0.338 e. The van der Waals surface area contributed by atoms with Crippen LogP contribution < -0.4 is 10.6 Å². The number of amides is 2. The van der Waals surface area contributed by atoms with Crippen LogP contribution in [0.4, 0.5) is 10.7 Å². The average molecular weight is 778 g/mol. The van der Waals surface area contributed by atoms with Gasteiger partial charge in [-0.2, -0.15) is 0 Å². The van der Waals surface area contributed by atoms with Crippen LogP contribution in [0.25, 0.3) is 0 Å². The zero-order valence-electron chi connectivity index (χ0n) is 32.8. The van der Waals surface area contributed by atoms with Gasteiger partial charge in [-0.15, -0.1) is 11.3 Å². The molecule has 9 nitrogen and oxygen atoms in total. The maximum absolute atomic E-state index is 14.0. The van der Waals surface area contributed by atoms with E-state index in [1.165, 1.54) is 17.7 Å². The summed E-state index contributed by atoms with van der Waals surface area (Å²) in [4.78, 5) is 56.0. The summed E-state index contributed by atoms with van der Waals surface area (Å²) < 4.78 is 10.4. The minimum atomic E-state index is -0.311. The lowest BCUT2D eigenvalue weighted by Gasteiger charge is -2.37. The summed E-state index contributed by atoms with van der Waals surface area (Å²) in [5.74, 6) is -0.927. The number of benzene rings is 2. The van der Waals surface area contributed by atoms with Gasteiger partial charge in [-0.05, 0) is 144 Å². The van der Waals surface area contributed by atoms with E-state index in [1.54, 1.807) is 30.4 Å². The normalized spacial score (nSPS) is 20.5. The molecule has 10 heteroatoms. The van der Waals surface area contributed by atoms with Gasteiger partial charge in [0.1, 0.15) is 5.00 Å². The molecule has 0 aliphatic heterocycles. The highest BCUT2D eigenvalue weighted by Crippen LogP contribution is 2.40. The molecule has 0 radical (unpaired) electrons. The Morgan fingerprint density at radius 3 is 2.09 bits per heavy atom. The zero-order valence-corrected chi connectivity index (χ0v) is 33.6. The predicted molar refractivity (Wildman–Crippen MR) is 221 cm³/mol. The fourth-order valence-electron chi connectivity index (χ4n) is 8.47. The van der Waals surface area contributed by atoms with Gasteiger partial charge in [0.05, 0.1) is 36.2 Å². The number of carbonyl (C=O) groups excluding carboxylic acids is 4. The molecule has 296 valence electrons. The third kappa shape index (κ3) is 9.87. The number of carbonyl (C=O) groups is 4. The van der Waals surface area contributed by atoms with Crippen LogP contribution in [-0.2, 0) is 44.7 Å². The quantitative estimate of drug-likeness (QED) is 0.148. The Labute approximate surface area is 334 Å². The van der Waals surface area contributed by atoms with Crippen molar-refractivity contribution in [3.63, 3.8) is 0 Å². The Hall–Kier alpha value is -4.54. The lowest BCUT2D eigenvalue weighted by atomic mass is 9.85. The molecule has 2 saturated carbocycles. The van der Waals surface area contributed by atoms with Crippen molar-refractivity contribution in [1.82, 2.24) is 4.90 Å². The van der Waals surface area contributed by atoms with E-state index in [1.807, 2.05) is 43.3 Å². The van der Waals surface area contributed by atoms with Crippen molar-refractivity contribution in [3.8, 4) is 0 Å². The number of allylic oxidation sites excluding steroid dienone is 1. The van der Waals surface area contributed by atoms with Gasteiger partial charge in [-0.1, -0.05) is 42.5 Å². The first-order valence-corrected chi connectivity index (χ1v) is 21.5. The van der Waals surface area contributed by atoms with Crippen molar-refractivity contribution < 1.29 is 28.7 Å². The number of nitrogens with one attached hydrogen (secondary N) is 2. The highest BCUT2D eigenvalue weighted by Gasteiger charge is 2.38. The van der Waals surface area contributed by atoms with Gasteiger partial charge in [0.15, 0.2) is 0 Å². The Bertz CT molecular complexity index is 1940. The lowest BCUT2D eigenvalue weighted by Crippen LogP contribution is -2.42. The summed E-state index contributed by atoms with van der Waals surface area (Å²) in [6.45, 7) is 5.26. The minimum absolute atomic E-state index is 0.0112. The van der Waals surface area contributed by atoms with E-state index in [2.05, 4.69) is 33.8 Å². The number of rotatable bonds is 15. The van der Waals surface area contributed by atoms with Crippen LogP contribution in [0.2, 0.25) is 0 Å². The van der Waals surface area contributed by atoms with Crippen molar-refractivity contribution in [2.45, 2.75) is 109 Å². The summed E-state index contributed by atoms with van der Waals surface area (Å²) in [5, 5.41) is 6.99. The summed E-state index contributed by atoms with van der Waals surface area (Å²) in [7, 11) is 0. The Morgan fingerprint density at radius 2 is 1.43 bits per heavy atom. The molecule has 7 rings (SSSR count). The Kier molecular flexibility index (Phi) is 13.2. The number of aryl methyl sites for hydroxylation is 3. The Morgan fingerprint density at radius 1 is 0.786 bits per heavy atom. The van der Waals surface area contributed by atoms with Crippen molar-refractivity contribution in [2.75, 3.05) is 30.4 Å². The number of anilines is 2. The van der Waals surface area contributed by atoms with Gasteiger partial charge in [0, 0.05) is 29.2 Å². The molecule has 1 aromatic heterocycles. The highest BCUT2D eigenvalue weighted by atomic mass is 32.1. The molecule has 0 spiro atoms. The van der Waals surface area contributed by atoms with Crippen LogP contribution in [0.5, 0.6) is 0 Å². The third-order valence-electron chi connectivity index (χ3n) is 11.7. The largest absolute Gasteiger partial charge is 0.466 e. The van der Waals surface area contributed by atoms with Gasteiger partial charge >= 0.3 is 11.9 Å². The zero-order chi connectivity index (χ0) is 39.0. The summed E-state index contributed by atoms with van der Waals surface area (Å²) in [6, 6.07) is 16.5. The molecule has 0 bridgehead atoms. The molecule has 1 unspecified atom stereocenters. The molecular formula is C46H55N3O6S. The molecule has 1 heterocycles. The second-order valence-corrected chi connectivity index (χ2v) is 16.7.